The Hall–Kier alpha value is -1.82. The van der Waals surface area contributed by atoms with Crippen molar-refractivity contribution in [1.29, 1.82) is 0 Å². The third-order valence-corrected chi connectivity index (χ3v) is 3.88. The molecule has 0 atom stereocenters. The highest BCUT2D eigenvalue weighted by atomic mass is 32.2. The molecule has 1 aliphatic rings. The first-order valence-corrected chi connectivity index (χ1v) is 5.44. The second kappa shape index (κ2) is 2.83. The van der Waals surface area contributed by atoms with Crippen molar-refractivity contribution >= 4 is 21.9 Å². The van der Waals surface area contributed by atoms with E-state index in [-0.39, 0.29) is 16.2 Å². The first-order valence-electron chi connectivity index (χ1n) is 3.96. The molecule has 0 saturated heterocycles. The van der Waals surface area contributed by atoms with Crippen LogP contribution in [-0.4, -0.2) is 24.6 Å². The van der Waals surface area contributed by atoms with E-state index < -0.39 is 20.7 Å². The maximum Gasteiger partial charge on any atom is 0.347 e. The van der Waals surface area contributed by atoms with Gasteiger partial charge in [-0.1, -0.05) is 0 Å². The van der Waals surface area contributed by atoms with Crippen LogP contribution in [0, 0.1) is 0 Å². The van der Waals surface area contributed by atoms with E-state index in [1.54, 1.807) is 0 Å². The highest BCUT2D eigenvalue weighted by molar-refractivity contribution is 7.96. The molecule has 5 nitrogen and oxygen atoms in total. The summed E-state index contributed by atoms with van der Waals surface area (Å²) in [6.07, 6.45) is 1.08. The zero-order chi connectivity index (χ0) is 11.2. The maximum absolute atomic E-state index is 11.6. The van der Waals surface area contributed by atoms with E-state index in [9.17, 15) is 13.2 Å². The molecular weight excluding hydrogens is 220 g/mol. The standard InChI is InChI=1S/C9H6O5S/c10-6-2-1-5-3-8(9(11)12)15(13,14)7(5)4-6/h1-4,10H,(H,11,12). The van der Waals surface area contributed by atoms with Gasteiger partial charge >= 0.3 is 5.97 Å². The fourth-order valence-electron chi connectivity index (χ4n) is 1.39. The lowest BCUT2D eigenvalue weighted by molar-refractivity contribution is -0.131. The summed E-state index contributed by atoms with van der Waals surface area (Å²) < 4.78 is 23.2. The third-order valence-electron chi connectivity index (χ3n) is 2.07. The highest BCUT2D eigenvalue weighted by Gasteiger charge is 2.34. The van der Waals surface area contributed by atoms with Crippen LogP contribution in [0.25, 0.3) is 6.08 Å². The highest BCUT2D eigenvalue weighted by Crippen LogP contribution is 2.34. The summed E-state index contributed by atoms with van der Waals surface area (Å²) in [6, 6.07) is 3.70. The van der Waals surface area contributed by atoms with E-state index in [1.807, 2.05) is 0 Å². The SMILES string of the molecule is O=C(O)C1=Cc2ccc(O)cc2S1(=O)=O. The Morgan fingerprint density at radius 2 is 1.93 bits per heavy atom. The number of phenols is 1. The molecule has 15 heavy (non-hydrogen) atoms. The van der Waals surface area contributed by atoms with E-state index in [2.05, 4.69) is 0 Å². The van der Waals surface area contributed by atoms with Crippen molar-refractivity contribution in [3.63, 3.8) is 0 Å². The predicted octanol–water partition coefficient (Wildman–Crippen LogP) is 0.605. The molecular formula is C9H6O5S. The van der Waals surface area contributed by atoms with Gasteiger partial charge in [-0.3, -0.25) is 0 Å². The molecule has 1 aliphatic heterocycles. The van der Waals surface area contributed by atoms with Crippen LogP contribution in [0.2, 0.25) is 0 Å². The summed E-state index contributed by atoms with van der Waals surface area (Å²) in [6.45, 7) is 0. The normalized spacial score (nSPS) is 16.9. The summed E-state index contributed by atoms with van der Waals surface area (Å²) in [7, 11) is -3.97. The van der Waals surface area contributed by atoms with Crippen LogP contribution in [0.5, 0.6) is 5.75 Å². The van der Waals surface area contributed by atoms with E-state index in [0.29, 0.717) is 0 Å². The average Bonchev–Trinajstić information content (AvgIpc) is 2.39. The third kappa shape index (κ3) is 1.30. The average molecular weight is 226 g/mol. The molecule has 0 radical (unpaired) electrons. The molecule has 2 rings (SSSR count). The van der Waals surface area contributed by atoms with Crippen molar-refractivity contribution in [2.75, 3.05) is 0 Å². The molecule has 78 valence electrons. The lowest BCUT2D eigenvalue weighted by Crippen LogP contribution is -2.09. The van der Waals surface area contributed by atoms with Gasteiger partial charge in [-0.2, -0.15) is 0 Å². The minimum absolute atomic E-state index is 0.167. The Kier molecular flexibility index (Phi) is 1.84. The van der Waals surface area contributed by atoms with Crippen molar-refractivity contribution in [3.8, 4) is 5.75 Å². The summed E-state index contributed by atoms with van der Waals surface area (Å²) >= 11 is 0. The van der Waals surface area contributed by atoms with Crippen molar-refractivity contribution < 1.29 is 23.4 Å². The molecule has 2 N–H and O–H groups in total. The number of aliphatic carboxylic acids is 1. The first kappa shape index (κ1) is 9.72. The van der Waals surface area contributed by atoms with Crippen LogP contribution < -0.4 is 0 Å². The van der Waals surface area contributed by atoms with Gasteiger partial charge in [0.1, 0.15) is 5.75 Å². The van der Waals surface area contributed by atoms with Crippen LogP contribution >= 0.6 is 0 Å². The maximum atomic E-state index is 11.6. The van der Waals surface area contributed by atoms with Crippen LogP contribution in [0.15, 0.2) is 28.0 Å². The van der Waals surface area contributed by atoms with Gasteiger partial charge in [0.15, 0.2) is 4.91 Å². The molecule has 0 aromatic heterocycles. The van der Waals surface area contributed by atoms with E-state index in [1.165, 1.54) is 12.1 Å². The summed E-state index contributed by atoms with van der Waals surface area (Å²) in [5.41, 5.74) is 0.283. The van der Waals surface area contributed by atoms with Crippen molar-refractivity contribution in [1.82, 2.24) is 0 Å². The molecule has 1 aromatic rings. The quantitative estimate of drug-likeness (QED) is 0.731. The van der Waals surface area contributed by atoms with Crippen LogP contribution in [0.4, 0.5) is 0 Å². The zero-order valence-corrected chi connectivity index (χ0v) is 8.15. The van der Waals surface area contributed by atoms with E-state index in [0.717, 1.165) is 12.1 Å². The van der Waals surface area contributed by atoms with Gasteiger partial charge in [0.2, 0.25) is 9.84 Å². The van der Waals surface area contributed by atoms with Gasteiger partial charge in [0, 0.05) is 0 Å². The molecule has 1 heterocycles. The molecule has 6 heteroatoms. The number of carboxylic acids is 1. The molecule has 0 unspecified atom stereocenters. The van der Waals surface area contributed by atoms with Crippen LogP contribution in [-0.2, 0) is 14.6 Å². The van der Waals surface area contributed by atoms with Gasteiger partial charge in [-0.25, -0.2) is 13.2 Å². The smallest absolute Gasteiger partial charge is 0.347 e. The van der Waals surface area contributed by atoms with Gasteiger partial charge in [-0.15, -0.1) is 0 Å². The number of sulfone groups is 1. The first-order chi connectivity index (χ1) is 6.93. The number of carboxylic acid groups (broad SMARTS) is 1. The summed E-state index contributed by atoms with van der Waals surface area (Å²) in [4.78, 5) is 9.83. The number of fused-ring (bicyclic) bond motifs is 1. The lowest BCUT2D eigenvalue weighted by atomic mass is 10.2. The number of carbonyl (C=O) groups is 1. The second-order valence-corrected chi connectivity index (χ2v) is 4.93. The minimum atomic E-state index is -3.97. The molecule has 0 fully saturated rings. The summed E-state index contributed by atoms with van der Waals surface area (Å²) in [5, 5.41) is 17.8. The van der Waals surface area contributed by atoms with Crippen molar-refractivity contribution in [3.05, 3.63) is 28.7 Å². The number of benzene rings is 1. The fourth-order valence-corrected chi connectivity index (χ4v) is 2.85. The van der Waals surface area contributed by atoms with Crippen LogP contribution in [0.3, 0.4) is 0 Å². The fraction of sp³-hybridized carbons (Fsp3) is 0. The second-order valence-electron chi connectivity index (χ2n) is 3.04. The summed E-state index contributed by atoms with van der Waals surface area (Å²) in [5.74, 6) is -1.71. The van der Waals surface area contributed by atoms with E-state index >= 15 is 0 Å². The Morgan fingerprint density at radius 1 is 1.27 bits per heavy atom. The van der Waals surface area contributed by atoms with Gasteiger partial charge in [0.25, 0.3) is 0 Å². The number of aromatic hydroxyl groups is 1. The Morgan fingerprint density at radius 3 is 2.53 bits per heavy atom. The number of hydrogen-bond acceptors (Lipinski definition) is 4. The van der Waals surface area contributed by atoms with Crippen LogP contribution in [0.1, 0.15) is 5.56 Å². The molecule has 0 bridgehead atoms. The number of phenolic OH excluding ortho intramolecular Hbond substituents is 1. The zero-order valence-electron chi connectivity index (χ0n) is 7.34. The Labute approximate surface area is 85.2 Å². The minimum Gasteiger partial charge on any atom is -0.508 e. The van der Waals surface area contributed by atoms with Crippen molar-refractivity contribution in [2.45, 2.75) is 4.90 Å². The molecule has 0 saturated carbocycles. The monoisotopic (exact) mass is 226 g/mol. The number of hydrogen-bond donors (Lipinski definition) is 2. The Bertz CT molecular complexity index is 583. The molecule has 0 spiro atoms. The largest absolute Gasteiger partial charge is 0.508 e. The number of rotatable bonds is 1. The van der Waals surface area contributed by atoms with Gasteiger partial charge in [-0.05, 0) is 29.8 Å². The van der Waals surface area contributed by atoms with E-state index in [4.69, 9.17) is 10.2 Å². The predicted molar refractivity (Wildman–Crippen MR) is 50.9 cm³/mol. The molecule has 0 amide bonds. The topological polar surface area (TPSA) is 91.7 Å². The van der Waals surface area contributed by atoms with Gasteiger partial charge in [0.05, 0.1) is 4.90 Å². The molecule has 1 aromatic carbocycles. The molecule has 0 aliphatic carbocycles. The lowest BCUT2D eigenvalue weighted by Gasteiger charge is -1.99. The van der Waals surface area contributed by atoms with Crippen molar-refractivity contribution in [2.24, 2.45) is 0 Å². The van der Waals surface area contributed by atoms with Gasteiger partial charge < -0.3 is 10.2 Å². The Balaban J connectivity index is 2.74.